The topological polar surface area (TPSA) is 12.5 Å². The first kappa shape index (κ1) is 16.2. The van der Waals surface area contributed by atoms with E-state index in [-0.39, 0.29) is 5.60 Å². The van der Waals surface area contributed by atoms with Crippen LogP contribution in [-0.4, -0.2) is 30.2 Å². The van der Waals surface area contributed by atoms with Crippen LogP contribution in [0, 0.1) is 0 Å². The Labute approximate surface area is 140 Å². The highest BCUT2D eigenvalue weighted by Crippen LogP contribution is 2.39. The maximum Gasteiger partial charge on any atom is 0.0932 e. The van der Waals surface area contributed by atoms with E-state index < -0.39 is 0 Å². The molecular weight excluding hydrogens is 282 g/mol. The van der Waals surface area contributed by atoms with Crippen molar-refractivity contribution in [3.05, 3.63) is 71.8 Å². The zero-order valence-electron chi connectivity index (χ0n) is 14.2. The molecule has 0 atom stereocenters. The largest absolute Gasteiger partial charge is 0.372 e. The van der Waals surface area contributed by atoms with Crippen LogP contribution in [0.4, 0.5) is 0 Å². The summed E-state index contributed by atoms with van der Waals surface area (Å²) in [5.41, 5.74) is 2.77. The first-order valence-corrected chi connectivity index (χ1v) is 8.76. The van der Waals surface area contributed by atoms with Crippen molar-refractivity contribution in [1.29, 1.82) is 0 Å². The summed E-state index contributed by atoms with van der Waals surface area (Å²) in [5, 5.41) is 0. The monoisotopic (exact) mass is 309 g/mol. The van der Waals surface area contributed by atoms with Crippen molar-refractivity contribution in [2.45, 2.75) is 38.3 Å². The summed E-state index contributed by atoms with van der Waals surface area (Å²) < 4.78 is 6.17. The standard InChI is InChI=1S/C21H27NO/c1-3-15-23-21(4-2)16-22(17-21)20(18-11-7-5-8-12-18)19-13-9-6-10-14-19/h5-14,20H,3-4,15-17H2,1-2H3. The Morgan fingerprint density at radius 1 is 0.913 bits per heavy atom. The van der Waals surface area contributed by atoms with E-state index >= 15 is 0 Å². The predicted octanol–water partition coefficient (Wildman–Crippen LogP) is 4.67. The number of hydrogen-bond acceptors (Lipinski definition) is 2. The highest BCUT2D eigenvalue weighted by atomic mass is 16.5. The van der Waals surface area contributed by atoms with Crippen LogP contribution in [0.25, 0.3) is 0 Å². The van der Waals surface area contributed by atoms with E-state index in [1.807, 2.05) is 0 Å². The van der Waals surface area contributed by atoms with Gasteiger partial charge in [0, 0.05) is 19.7 Å². The third-order valence-electron chi connectivity index (χ3n) is 4.83. The Morgan fingerprint density at radius 2 is 1.43 bits per heavy atom. The lowest BCUT2D eigenvalue weighted by Crippen LogP contribution is -2.63. The number of hydrogen-bond donors (Lipinski definition) is 0. The number of benzene rings is 2. The summed E-state index contributed by atoms with van der Waals surface area (Å²) in [6.45, 7) is 7.31. The first-order chi connectivity index (χ1) is 11.3. The maximum absolute atomic E-state index is 6.17. The Bertz CT molecular complexity index is 550. The van der Waals surface area contributed by atoms with Gasteiger partial charge < -0.3 is 4.74 Å². The summed E-state index contributed by atoms with van der Waals surface area (Å²) in [7, 11) is 0. The van der Waals surface area contributed by atoms with E-state index in [1.165, 1.54) is 11.1 Å². The summed E-state index contributed by atoms with van der Waals surface area (Å²) >= 11 is 0. The molecular formula is C21H27NO. The second-order valence-electron chi connectivity index (χ2n) is 6.51. The van der Waals surface area contributed by atoms with Gasteiger partial charge in [0.15, 0.2) is 0 Å². The molecule has 0 saturated carbocycles. The molecule has 0 aliphatic carbocycles. The van der Waals surface area contributed by atoms with Crippen LogP contribution in [0.15, 0.2) is 60.7 Å². The van der Waals surface area contributed by atoms with Crippen LogP contribution >= 0.6 is 0 Å². The molecule has 0 amide bonds. The van der Waals surface area contributed by atoms with Gasteiger partial charge in [0.25, 0.3) is 0 Å². The smallest absolute Gasteiger partial charge is 0.0932 e. The Balaban J connectivity index is 1.81. The second kappa shape index (κ2) is 7.29. The lowest BCUT2D eigenvalue weighted by atomic mass is 9.85. The van der Waals surface area contributed by atoms with Gasteiger partial charge in [-0.1, -0.05) is 74.5 Å². The van der Waals surface area contributed by atoms with Gasteiger partial charge in [-0.25, -0.2) is 0 Å². The van der Waals surface area contributed by atoms with E-state index in [9.17, 15) is 0 Å². The zero-order chi connectivity index (χ0) is 16.1. The predicted molar refractivity (Wildman–Crippen MR) is 95.6 cm³/mol. The van der Waals surface area contributed by atoms with Crippen LogP contribution in [0.1, 0.15) is 43.9 Å². The van der Waals surface area contributed by atoms with Crippen LogP contribution in [0.5, 0.6) is 0 Å². The minimum absolute atomic E-state index is 0.0534. The number of nitrogens with zero attached hydrogens (tertiary/aromatic N) is 1. The summed E-state index contributed by atoms with van der Waals surface area (Å²) in [5.74, 6) is 0. The number of ether oxygens (including phenoxy) is 1. The average Bonchev–Trinajstić information content (AvgIpc) is 2.58. The fraction of sp³-hybridized carbons (Fsp3) is 0.429. The quantitative estimate of drug-likeness (QED) is 0.737. The molecule has 0 bridgehead atoms. The van der Waals surface area contributed by atoms with Gasteiger partial charge in [-0.15, -0.1) is 0 Å². The van der Waals surface area contributed by atoms with E-state index in [0.717, 1.165) is 32.5 Å². The van der Waals surface area contributed by atoms with Crippen LogP contribution in [0.2, 0.25) is 0 Å². The highest BCUT2D eigenvalue weighted by Gasteiger charge is 2.45. The summed E-state index contributed by atoms with van der Waals surface area (Å²) in [4.78, 5) is 2.55. The first-order valence-electron chi connectivity index (χ1n) is 8.76. The van der Waals surface area contributed by atoms with Crippen molar-refractivity contribution in [2.75, 3.05) is 19.7 Å². The summed E-state index contributed by atoms with van der Waals surface area (Å²) in [6.07, 6.45) is 2.17. The van der Waals surface area contributed by atoms with Gasteiger partial charge in [0.1, 0.15) is 0 Å². The molecule has 0 aromatic heterocycles. The third-order valence-corrected chi connectivity index (χ3v) is 4.83. The molecule has 1 aliphatic rings. The van der Waals surface area contributed by atoms with Gasteiger partial charge in [-0.2, -0.15) is 0 Å². The van der Waals surface area contributed by atoms with Crippen LogP contribution in [0.3, 0.4) is 0 Å². The lowest BCUT2D eigenvalue weighted by Gasteiger charge is -2.53. The third kappa shape index (κ3) is 3.49. The molecule has 2 nitrogen and oxygen atoms in total. The lowest BCUT2D eigenvalue weighted by molar-refractivity contribution is -0.154. The van der Waals surface area contributed by atoms with Crippen LogP contribution < -0.4 is 0 Å². The number of rotatable bonds is 7. The van der Waals surface area contributed by atoms with E-state index in [2.05, 4.69) is 79.4 Å². The van der Waals surface area contributed by atoms with Crippen molar-refractivity contribution in [3.63, 3.8) is 0 Å². The fourth-order valence-electron chi connectivity index (χ4n) is 3.50. The van der Waals surface area contributed by atoms with E-state index in [4.69, 9.17) is 4.74 Å². The molecule has 2 heteroatoms. The molecule has 0 N–H and O–H groups in total. The maximum atomic E-state index is 6.17. The Hall–Kier alpha value is -1.64. The summed E-state index contributed by atoms with van der Waals surface area (Å²) in [6, 6.07) is 21.9. The molecule has 1 fully saturated rings. The fourth-order valence-corrected chi connectivity index (χ4v) is 3.50. The second-order valence-corrected chi connectivity index (χ2v) is 6.51. The molecule has 0 radical (unpaired) electrons. The van der Waals surface area contributed by atoms with Crippen molar-refractivity contribution >= 4 is 0 Å². The van der Waals surface area contributed by atoms with Crippen molar-refractivity contribution in [3.8, 4) is 0 Å². The minimum atomic E-state index is 0.0534. The molecule has 2 aromatic carbocycles. The SMILES string of the molecule is CCCOC1(CC)CN(C(c2ccccc2)c2ccccc2)C1. The van der Waals surface area contributed by atoms with Gasteiger partial charge in [-0.05, 0) is 24.0 Å². The van der Waals surface area contributed by atoms with Gasteiger partial charge in [-0.3, -0.25) is 4.90 Å². The van der Waals surface area contributed by atoms with Gasteiger partial charge in [0.05, 0.1) is 11.6 Å². The Kier molecular flexibility index (Phi) is 5.14. The van der Waals surface area contributed by atoms with E-state index in [1.54, 1.807) is 0 Å². The normalized spacial score (nSPS) is 17.2. The average molecular weight is 309 g/mol. The molecule has 1 heterocycles. The zero-order valence-corrected chi connectivity index (χ0v) is 14.2. The van der Waals surface area contributed by atoms with Crippen LogP contribution in [-0.2, 0) is 4.74 Å². The molecule has 0 spiro atoms. The molecule has 23 heavy (non-hydrogen) atoms. The molecule has 122 valence electrons. The van der Waals surface area contributed by atoms with Crippen molar-refractivity contribution in [2.24, 2.45) is 0 Å². The minimum Gasteiger partial charge on any atom is -0.372 e. The Morgan fingerprint density at radius 3 is 1.87 bits per heavy atom. The molecule has 1 saturated heterocycles. The molecule has 1 aliphatic heterocycles. The molecule has 3 rings (SSSR count). The van der Waals surface area contributed by atoms with Gasteiger partial charge in [0.2, 0.25) is 0 Å². The molecule has 2 aromatic rings. The van der Waals surface area contributed by atoms with Crippen molar-refractivity contribution in [1.82, 2.24) is 4.90 Å². The van der Waals surface area contributed by atoms with Gasteiger partial charge >= 0.3 is 0 Å². The molecule has 0 unspecified atom stereocenters. The number of likely N-dealkylation sites (tertiary alicyclic amines) is 1. The van der Waals surface area contributed by atoms with Crippen molar-refractivity contribution < 1.29 is 4.74 Å². The highest BCUT2D eigenvalue weighted by molar-refractivity contribution is 5.33. The van der Waals surface area contributed by atoms with E-state index in [0.29, 0.717) is 6.04 Å².